The first-order valence-electron chi connectivity index (χ1n) is 8.83. The Labute approximate surface area is 154 Å². The lowest BCUT2D eigenvalue weighted by Crippen LogP contribution is -2.32. The summed E-state index contributed by atoms with van der Waals surface area (Å²) in [6, 6.07) is 8.88. The Morgan fingerprint density at radius 1 is 1.19 bits per heavy atom. The van der Waals surface area contributed by atoms with E-state index in [0.29, 0.717) is 12.3 Å². The van der Waals surface area contributed by atoms with Crippen LogP contribution in [-0.2, 0) is 34.2 Å². The highest BCUT2D eigenvalue weighted by molar-refractivity contribution is 7.89. The summed E-state index contributed by atoms with van der Waals surface area (Å²) in [7, 11) is -1.93. The maximum Gasteiger partial charge on any atom is 0.240 e. The molecule has 140 valence electrons. The van der Waals surface area contributed by atoms with Crippen molar-refractivity contribution in [3.63, 3.8) is 0 Å². The Bertz CT molecular complexity index is 860. The van der Waals surface area contributed by atoms with E-state index >= 15 is 0 Å². The average molecular weight is 376 g/mol. The Kier molecular flexibility index (Phi) is 5.78. The van der Waals surface area contributed by atoms with Gasteiger partial charge < -0.3 is 9.32 Å². The largest absolute Gasteiger partial charge is 0.467 e. The zero-order chi connectivity index (χ0) is 18.6. The van der Waals surface area contributed by atoms with Gasteiger partial charge in [-0.05, 0) is 61.1 Å². The summed E-state index contributed by atoms with van der Waals surface area (Å²) in [6.07, 6.45) is 5.85. The molecule has 0 bridgehead atoms. The maximum absolute atomic E-state index is 12.5. The van der Waals surface area contributed by atoms with Crippen LogP contribution in [0.3, 0.4) is 0 Å². The molecular formula is C19H24N2O4S. The van der Waals surface area contributed by atoms with Crippen molar-refractivity contribution >= 4 is 15.9 Å². The third-order valence-corrected chi connectivity index (χ3v) is 6.12. The molecule has 1 amide bonds. The summed E-state index contributed by atoms with van der Waals surface area (Å²) in [5.41, 5.74) is 2.36. The third-order valence-electron chi connectivity index (χ3n) is 4.66. The molecule has 1 aromatic heterocycles. The zero-order valence-electron chi connectivity index (χ0n) is 14.9. The van der Waals surface area contributed by atoms with E-state index in [9.17, 15) is 13.2 Å². The molecule has 7 heteroatoms. The molecule has 1 aliphatic carbocycles. The number of amides is 1. The van der Waals surface area contributed by atoms with Gasteiger partial charge in [-0.3, -0.25) is 4.79 Å². The quantitative estimate of drug-likeness (QED) is 0.805. The van der Waals surface area contributed by atoms with Crippen LogP contribution in [0.2, 0.25) is 0 Å². The van der Waals surface area contributed by atoms with Crippen LogP contribution in [-0.4, -0.2) is 32.8 Å². The number of carbonyl (C=O) groups is 1. The molecule has 0 fully saturated rings. The zero-order valence-corrected chi connectivity index (χ0v) is 15.7. The van der Waals surface area contributed by atoms with Gasteiger partial charge in [-0.25, -0.2) is 13.1 Å². The molecule has 1 aliphatic rings. The fraction of sp³-hybridized carbons (Fsp3) is 0.421. The molecule has 26 heavy (non-hydrogen) atoms. The van der Waals surface area contributed by atoms with Crippen LogP contribution in [0.5, 0.6) is 0 Å². The van der Waals surface area contributed by atoms with E-state index in [1.165, 1.54) is 10.5 Å². The predicted octanol–water partition coefficient (Wildman–Crippen LogP) is 2.49. The van der Waals surface area contributed by atoms with E-state index in [-0.39, 0.29) is 23.8 Å². The lowest BCUT2D eigenvalue weighted by atomic mass is 9.92. The predicted molar refractivity (Wildman–Crippen MR) is 98.1 cm³/mol. The highest BCUT2D eigenvalue weighted by Gasteiger charge is 2.18. The molecular weight excluding hydrogens is 352 g/mol. The minimum absolute atomic E-state index is 0.0702. The normalized spacial score (nSPS) is 14.0. The number of sulfonamides is 1. The van der Waals surface area contributed by atoms with Gasteiger partial charge in [-0.1, -0.05) is 6.07 Å². The van der Waals surface area contributed by atoms with Crippen LogP contribution in [0, 0.1) is 0 Å². The molecule has 1 aromatic carbocycles. The number of carbonyl (C=O) groups excluding carboxylic acids is 1. The van der Waals surface area contributed by atoms with Gasteiger partial charge in [0.15, 0.2) is 0 Å². The first kappa shape index (κ1) is 18.7. The van der Waals surface area contributed by atoms with Gasteiger partial charge in [0.2, 0.25) is 15.9 Å². The Balaban J connectivity index is 1.54. The van der Waals surface area contributed by atoms with Crippen LogP contribution < -0.4 is 4.72 Å². The van der Waals surface area contributed by atoms with Gasteiger partial charge in [-0.2, -0.15) is 0 Å². The summed E-state index contributed by atoms with van der Waals surface area (Å²) in [6.45, 7) is 0.435. The second kappa shape index (κ2) is 8.05. The van der Waals surface area contributed by atoms with Crippen molar-refractivity contribution in [1.82, 2.24) is 9.62 Å². The van der Waals surface area contributed by atoms with Crippen LogP contribution in [0.15, 0.2) is 45.9 Å². The first-order valence-corrected chi connectivity index (χ1v) is 10.3. The van der Waals surface area contributed by atoms with Crippen molar-refractivity contribution in [2.45, 2.75) is 43.5 Å². The second-order valence-corrected chi connectivity index (χ2v) is 8.38. The Morgan fingerprint density at radius 2 is 1.96 bits per heavy atom. The molecule has 0 saturated carbocycles. The lowest BCUT2D eigenvalue weighted by molar-refractivity contribution is -0.130. The Hall–Kier alpha value is -2.12. The number of fused-ring (bicyclic) bond motifs is 1. The topological polar surface area (TPSA) is 79.6 Å². The average Bonchev–Trinajstić information content (AvgIpc) is 3.14. The number of rotatable bonds is 7. The number of nitrogens with one attached hydrogen (secondary N) is 1. The van der Waals surface area contributed by atoms with Crippen LogP contribution in [0.1, 0.15) is 36.1 Å². The van der Waals surface area contributed by atoms with E-state index in [4.69, 9.17) is 4.42 Å². The van der Waals surface area contributed by atoms with Crippen molar-refractivity contribution < 1.29 is 17.6 Å². The fourth-order valence-corrected chi connectivity index (χ4v) is 4.25. The summed E-state index contributed by atoms with van der Waals surface area (Å²) < 4.78 is 32.7. The molecule has 0 spiro atoms. The molecule has 2 aromatic rings. The number of hydrogen-bond acceptors (Lipinski definition) is 4. The summed E-state index contributed by atoms with van der Waals surface area (Å²) in [5, 5.41) is 0. The smallest absolute Gasteiger partial charge is 0.240 e. The summed E-state index contributed by atoms with van der Waals surface area (Å²) in [5.74, 6) is 0.546. The van der Waals surface area contributed by atoms with Crippen molar-refractivity contribution in [2.24, 2.45) is 0 Å². The minimum Gasteiger partial charge on any atom is -0.467 e. The molecule has 1 heterocycles. The lowest BCUT2D eigenvalue weighted by Gasteiger charge is -2.17. The molecule has 0 atom stereocenters. The molecule has 0 saturated heterocycles. The van der Waals surface area contributed by atoms with Crippen LogP contribution in [0.4, 0.5) is 0 Å². The van der Waals surface area contributed by atoms with Gasteiger partial charge >= 0.3 is 0 Å². The summed E-state index contributed by atoms with van der Waals surface area (Å²) in [4.78, 5) is 13.9. The van der Waals surface area contributed by atoms with Crippen molar-refractivity contribution in [2.75, 3.05) is 13.6 Å². The number of benzene rings is 1. The molecule has 3 rings (SSSR count). The number of nitrogens with zero attached hydrogens (tertiary/aromatic N) is 1. The fourth-order valence-electron chi connectivity index (χ4n) is 3.17. The molecule has 1 N–H and O–H groups in total. The van der Waals surface area contributed by atoms with Gasteiger partial charge in [0.25, 0.3) is 0 Å². The minimum atomic E-state index is -3.60. The monoisotopic (exact) mass is 376 g/mol. The number of aryl methyl sites for hydroxylation is 2. The van der Waals surface area contributed by atoms with Crippen LogP contribution in [0.25, 0.3) is 0 Å². The van der Waals surface area contributed by atoms with Gasteiger partial charge in [-0.15, -0.1) is 0 Å². The summed E-state index contributed by atoms with van der Waals surface area (Å²) >= 11 is 0. The van der Waals surface area contributed by atoms with E-state index in [0.717, 1.165) is 31.2 Å². The maximum atomic E-state index is 12.5. The van der Waals surface area contributed by atoms with Gasteiger partial charge in [0.05, 0.1) is 17.7 Å². The first-order chi connectivity index (χ1) is 12.5. The second-order valence-electron chi connectivity index (χ2n) is 6.61. The number of furan rings is 1. The highest BCUT2D eigenvalue weighted by Crippen LogP contribution is 2.24. The molecule has 0 unspecified atom stereocenters. The van der Waals surface area contributed by atoms with E-state index in [1.54, 1.807) is 37.6 Å². The molecule has 0 radical (unpaired) electrons. The SMILES string of the molecule is CN(Cc1ccco1)C(=O)CCNS(=O)(=O)c1ccc2c(c1)CCCC2. The molecule has 0 aliphatic heterocycles. The van der Waals surface area contributed by atoms with Crippen molar-refractivity contribution in [1.29, 1.82) is 0 Å². The standard InChI is InChI=1S/C19H24N2O4S/c1-21(14-17-7-4-12-25-17)19(22)10-11-20-26(23,24)18-9-8-15-5-2-3-6-16(15)13-18/h4,7-9,12-13,20H,2-3,5-6,10-11,14H2,1H3. The number of hydrogen-bond donors (Lipinski definition) is 1. The Morgan fingerprint density at radius 3 is 2.69 bits per heavy atom. The highest BCUT2D eigenvalue weighted by atomic mass is 32.2. The van der Waals surface area contributed by atoms with Gasteiger partial charge in [0.1, 0.15) is 5.76 Å². The van der Waals surface area contributed by atoms with Crippen molar-refractivity contribution in [3.8, 4) is 0 Å². The van der Waals surface area contributed by atoms with E-state index in [2.05, 4.69) is 4.72 Å². The molecule has 6 nitrogen and oxygen atoms in total. The van der Waals surface area contributed by atoms with Crippen molar-refractivity contribution in [3.05, 3.63) is 53.5 Å². The van der Waals surface area contributed by atoms with E-state index < -0.39 is 10.0 Å². The van der Waals surface area contributed by atoms with Crippen LogP contribution >= 0.6 is 0 Å². The van der Waals surface area contributed by atoms with Gasteiger partial charge in [0, 0.05) is 20.0 Å². The third kappa shape index (κ3) is 4.53. The van der Waals surface area contributed by atoms with E-state index in [1.807, 2.05) is 6.07 Å².